The minimum absolute atomic E-state index is 0.0197. The lowest BCUT2D eigenvalue weighted by molar-refractivity contribution is -0.133. The monoisotopic (exact) mass is 386 g/mol. The zero-order chi connectivity index (χ0) is 19.1. The van der Waals surface area contributed by atoms with Crippen LogP contribution >= 0.6 is 0 Å². The smallest absolute Gasteiger partial charge is 0.255 e. The number of ether oxygens (including phenoxy) is 1. The third-order valence-corrected chi connectivity index (χ3v) is 7.21. The van der Waals surface area contributed by atoms with Gasteiger partial charge in [-0.2, -0.15) is 0 Å². The van der Waals surface area contributed by atoms with Crippen molar-refractivity contribution >= 4 is 11.9 Å². The van der Waals surface area contributed by atoms with E-state index in [9.17, 15) is 9.59 Å². The molecule has 0 aromatic carbocycles. The summed E-state index contributed by atoms with van der Waals surface area (Å²) in [7, 11) is 0. The molecule has 1 aromatic rings. The van der Waals surface area contributed by atoms with E-state index in [2.05, 4.69) is 9.88 Å². The van der Waals surface area contributed by atoms with E-state index in [0.29, 0.717) is 31.5 Å². The first-order valence-corrected chi connectivity index (χ1v) is 10.9. The number of hydrogen-bond acceptors (Lipinski definition) is 5. The van der Waals surface area contributed by atoms with Gasteiger partial charge in [0.2, 0.25) is 11.9 Å². The highest BCUT2D eigenvalue weighted by molar-refractivity contribution is 5.76. The van der Waals surface area contributed by atoms with E-state index in [1.165, 1.54) is 12.8 Å². The van der Waals surface area contributed by atoms with Crippen molar-refractivity contribution in [1.29, 1.82) is 0 Å². The van der Waals surface area contributed by atoms with Crippen LogP contribution in [0.1, 0.15) is 56.2 Å². The third kappa shape index (κ3) is 3.34. The number of anilines is 1. The van der Waals surface area contributed by atoms with E-state index >= 15 is 0 Å². The van der Waals surface area contributed by atoms with Crippen molar-refractivity contribution < 1.29 is 9.53 Å². The van der Waals surface area contributed by atoms with Crippen molar-refractivity contribution in [3.05, 3.63) is 21.6 Å². The summed E-state index contributed by atoms with van der Waals surface area (Å²) in [5.74, 6) is 1.81. The van der Waals surface area contributed by atoms with E-state index in [4.69, 9.17) is 9.72 Å². The highest BCUT2D eigenvalue weighted by atomic mass is 16.5. The molecule has 7 heteroatoms. The van der Waals surface area contributed by atoms with Gasteiger partial charge in [0, 0.05) is 43.6 Å². The van der Waals surface area contributed by atoms with E-state index in [0.717, 1.165) is 75.5 Å². The van der Waals surface area contributed by atoms with Gasteiger partial charge in [0.25, 0.3) is 5.56 Å². The molecule has 3 heterocycles. The fourth-order valence-corrected chi connectivity index (χ4v) is 5.13. The van der Waals surface area contributed by atoms with E-state index in [1.807, 2.05) is 4.90 Å². The molecule has 0 atom stereocenters. The van der Waals surface area contributed by atoms with Crippen LogP contribution in [-0.4, -0.2) is 60.2 Å². The van der Waals surface area contributed by atoms with Crippen molar-refractivity contribution in [2.24, 2.45) is 5.92 Å². The van der Waals surface area contributed by atoms with Crippen LogP contribution in [0.25, 0.3) is 0 Å². The van der Waals surface area contributed by atoms with Gasteiger partial charge >= 0.3 is 0 Å². The molecule has 2 aliphatic heterocycles. The average Bonchev–Trinajstić information content (AvgIpc) is 3.50. The van der Waals surface area contributed by atoms with Gasteiger partial charge in [0.1, 0.15) is 0 Å². The fraction of sp³-hybridized carbons (Fsp3) is 0.762. The maximum absolute atomic E-state index is 12.7. The van der Waals surface area contributed by atoms with Crippen LogP contribution in [0.15, 0.2) is 4.79 Å². The number of fused-ring (bicyclic) bond motifs is 2. The number of amides is 1. The van der Waals surface area contributed by atoms with Gasteiger partial charge in [0.05, 0.1) is 18.9 Å². The van der Waals surface area contributed by atoms with Crippen LogP contribution in [0.5, 0.6) is 0 Å². The number of piperidine rings is 1. The Labute approximate surface area is 165 Å². The Morgan fingerprint density at radius 3 is 2.61 bits per heavy atom. The zero-order valence-corrected chi connectivity index (χ0v) is 16.5. The summed E-state index contributed by atoms with van der Waals surface area (Å²) in [6, 6.07) is 0. The molecule has 2 saturated heterocycles. The number of carbonyl (C=O) groups excluding carboxylic acids is 1. The molecule has 0 bridgehead atoms. The molecule has 1 N–H and O–H groups in total. The Bertz CT molecular complexity index is 802. The summed E-state index contributed by atoms with van der Waals surface area (Å²) < 4.78 is 5.43. The van der Waals surface area contributed by atoms with Gasteiger partial charge in [-0.25, -0.2) is 4.98 Å². The molecule has 28 heavy (non-hydrogen) atoms. The lowest BCUT2D eigenvalue weighted by atomic mass is 9.76. The number of aromatic nitrogens is 2. The summed E-state index contributed by atoms with van der Waals surface area (Å²) in [5, 5.41) is 0. The number of nitrogens with one attached hydrogen (secondary N) is 1. The van der Waals surface area contributed by atoms with Crippen molar-refractivity contribution in [2.75, 3.05) is 44.3 Å². The highest BCUT2D eigenvalue weighted by Gasteiger charge is 2.44. The number of nitrogens with zero attached hydrogens (tertiary/aromatic N) is 3. The number of rotatable bonds is 4. The largest absolute Gasteiger partial charge is 0.378 e. The SMILES string of the molecule is O=C(CCC1CC1)N1CCC2(CCc3c2nc(N2CCOCC2)[nH]c3=O)CC1. The van der Waals surface area contributed by atoms with Crippen LogP contribution in [0.4, 0.5) is 5.95 Å². The molecule has 2 aliphatic carbocycles. The first-order chi connectivity index (χ1) is 13.6. The molecule has 1 spiro atoms. The van der Waals surface area contributed by atoms with Crippen molar-refractivity contribution in [2.45, 2.75) is 56.8 Å². The number of aromatic amines is 1. The maximum atomic E-state index is 12.7. The lowest BCUT2D eigenvalue weighted by Gasteiger charge is -2.39. The Morgan fingerprint density at radius 1 is 1.14 bits per heavy atom. The number of likely N-dealkylation sites (tertiary alicyclic amines) is 1. The van der Waals surface area contributed by atoms with Crippen molar-refractivity contribution in [1.82, 2.24) is 14.9 Å². The molecular formula is C21H30N4O3. The lowest BCUT2D eigenvalue weighted by Crippen LogP contribution is -2.45. The van der Waals surface area contributed by atoms with Crippen LogP contribution < -0.4 is 10.5 Å². The molecule has 7 nitrogen and oxygen atoms in total. The first-order valence-electron chi connectivity index (χ1n) is 10.9. The van der Waals surface area contributed by atoms with Crippen LogP contribution in [0.2, 0.25) is 0 Å². The molecule has 0 unspecified atom stereocenters. The van der Waals surface area contributed by atoms with Gasteiger partial charge in [0.15, 0.2) is 0 Å². The second-order valence-corrected chi connectivity index (χ2v) is 8.96. The average molecular weight is 386 g/mol. The topological polar surface area (TPSA) is 78.5 Å². The Balaban J connectivity index is 1.32. The molecular weight excluding hydrogens is 356 g/mol. The summed E-state index contributed by atoms with van der Waals surface area (Å²) in [5.41, 5.74) is 1.86. The van der Waals surface area contributed by atoms with Gasteiger partial charge < -0.3 is 14.5 Å². The Morgan fingerprint density at radius 2 is 1.89 bits per heavy atom. The summed E-state index contributed by atoms with van der Waals surface area (Å²) in [6.07, 6.45) is 8.00. The minimum Gasteiger partial charge on any atom is -0.378 e. The number of morpholine rings is 1. The fourth-order valence-electron chi connectivity index (χ4n) is 5.13. The number of H-pyrrole nitrogens is 1. The molecule has 1 saturated carbocycles. The Kier molecular flexibility index (Phi) is 4.65. The summed E-state index contributed by atoms with van der Waals surface area (Å²) in [6.45, 7) is 4.46. The third-order valence-electron chi connectivity index (χ3n) is 7.21. The van der Waals surface area contributed by atoms with Crippen LogP contribution in [-0.2, 0) is 21.4 Å². The normalized spacial score (nSPS) is 23.9. The van der Waals surface area contributed by atoms with Crippen molar-refractivity contribution in [3.8, 4) is 0 Å². The standard InChI is InChI=1S/C21H30N4O3/c26-17(4-3-15-1-2-15)24-9-7-21(8-10-24)6-5-16-18(21)22-20(23-19(16)27)25-11-13-28-14-12-25/h15H,1-14H2,(H,22,23,27). The zero-order valence-electron chi connectivity index (χ0n) is 16.5. The van der Waals surface area contributed by atoms with Crippen LogP contribution in [0.3, 0.4) is 0 Å². The molecule has 1 aromatic heterocycles. The minimum atomic E-state index is -0.0299. The molecule has 152 valence electrons. The number of hydrogen-bond donors (Lipinski definition) is 1. The van der Waals surface area contributed by atoms with Gasteiger partial charge in [-0.15, -0.1) is 0 Å². The van der Waals surface area contributed by atoms with E-state index in [-0.39, 0.29) is 11.0 Å². The molecule has 5 rings (SSSR count). The first kappa shape index (κ1) is 18.2. The quantitative estimate of drug-likeness (QED) is 0.850. The van der Waals surface area contributed by atoms with Gasteiger partial charge in [-0.1, -0.05) is 12.8 Å². The summed E-state index contributed by atoms with van der Waals surface area (Å²) in [4.78, 5) is 37.4. The second kappa shape index (κ2) is 7.17. The van der Waals surface area contributed by atoms with Gasteiger partial charge in [-0.3, -0.25) is 14.6 Å². The summed E-state index contributed by atoms with van der Waals surface area (Å²) >= 11 is 0. The molecule has 4 aliphatic rings. The number of carbonyl (C=O) groups is 1. The van der Waals surface area contributed by atoms with Crippen molar-refractivity contribution in [3.63, 3.8) is 0 Å². The molecule has 1 amide bonds. The van der Waals surface area contributed by atoms with Crippen LogP contribution in [0, 0.1) is 5.92 Å². The van der Waals surface area contributed by atoms with Gasteiger partial charge in [-0.05, 0) is 38.0 Å². The second-order valence-electron chi connectivity index (χ2n) is 8.96. The van der Waals surface area contributed by atoms with E-state index < -0.39 is 0 Å². The maximum Gasteiger partial charge on any atom is 0.255 e. The Hall–Kier alpha value is -1.89. The predicted molar refractivity (Wildman–Crippen MR) is 106 cm³/mol. The molecule has 3 fully saturated rings. The predicted octanol–water partition coefficient (Wildman–Crippen LogP) is 1.60. The highest BCUT2D eigenvalue weighted by Crippen LogP contribution is 2.45. The van der Waals surface area contributed by atoms with E-state index in [1.54, 1.807) is 0 Å². The molecule has 0 radical (unpaired) electrons.